The van der Waals surface area contributed by atoms with Gasteiger partial charge in [-0.2, -0.15) is 9.84 Å². The summed E-state index contributed by atoms with van der Waals surface area (Å²) < 4.78 is 1.96. The minimum Gasteiger partial charge on any atom is -0.187 e. The summed E-state index contributed by atoms with van der Waals surface area (Å²) in [4.78, 5) is 1.31. The molecule has 10 heavy (non-hydrogen) atoms. The molecule has 1 aliphatic heterocycles. The van der Waals surface area contributed by atoms with E-state index in [1.54, 1.807) is 18.0 Å². The third kappa shape index (κ3) is 1.22. The van der Waals surface area contributed by atoms with Gasteiger partial charge >= 0.3 is 0 Å². The van der Waals surface area contributed by atoms with Gasteiger partial charge in [-0.15, -0.1) is 0 Å². The molecule has 0 aliphatic carbocycles. The summed E-state index contributed by atoms with van der Waals surface area (Å²) in [5.74, 6) is 0.894. The lowest BCUT2D eigenvalue weighted by Gasteiger charge is -1.86. The van der Waals surface area contributed by atoms with Crippen LogP contribution in [0.5, 0.6) is 0 Å². The van der Waals surface area contributed by atoms with Gasteiger partial charge in [0.2, 0.25) is 6.21 Å². The van der Waals surface area contributed by atoms with Crippen molar-refractivity contribution < 1.29 is 4.58 Å². The van der Waals surface area contributed by atoms with Gasteiger partial charge < -0.3 is 0 Å². The molecule has 1 rings (SSSR count). The average molecular weight is 153 g/mol. The monoisotopic (exact) mass is 153 g/mol. The molecule has 2 nitrogen and oxygen atoms in total. The Hall–Kier alpha value is -0.750. The van der Waals surface area contributed by atoms with Crippen molar-refractivity contribution in [1.82, 2.24) is 0 Å². The van der Waals surface area contributed by atoms with Crippen molar-refractivity contribution in [1.29, 1.82) is 5.26 Å². The van der Waals surface area contributed by atoms with Gasteiger partial charge in [-0.05, 0) is 6.92 Å². The predicted molar refractivity (Wildman–Crippen MR) is 42.8 cm³/mol. The summed E-state index contributed by atoms with van der Waals surface area (Å²) in [7, 11) is 0. The van der Waals surface area contributed by atoms with Crippen LogP contribution in [0.1, 0.15) is 13.8 Å². The van der Waals surface area contributed by atoms with Crippen molar-refractivity contribution in [3.05, 3.63) is 10.6 Å². The molecule has 0 N–H and O–H groups in total. The molecule has 0 aromatic carbocycles. The van der Waals surface area contributed by atoms with Gasteiger partial charge in [0.15, 0.2) is 17.6 Å². The molecule has 0 bridgehead atoms. The topological polar surface area (TPSA) is 26.8 Å². The Morgan fingerprint density at radius 3 is 2.80 bits per heavy atom. The van der Waals surface area contributed by atoms with Gasteiger partial charge in [-0.25, -0.2) is 0 Å². The third-order valence-electron chi connectivity index (χ3n) is 1.57. The number of allylic oxidation sites excluding steroid dienone is 2. The van der Waals surface area contributed by atoms with E-state index in [0.717, 1.165) is 5.88 Å². The molecule has 0 saturated carbocycles. The highest BCUT2D eigenvalue weighted by atomic mass is 32.2. The Balaban J connectivity index is 2.90. The molecule has 0 radical (unpaired) electrons. The van der Waals surface area contributed by atoms with Crippen molar-refractivity contribution in [2.45, 2.75) is 13.8 Å². The molecule has 0 spiro atoms. The highest BCUT2D eigenvalue weighted by molar-refractivity contribution is 8.03. The zero-order chi connectivity index (χ0) is 7.56. The maximum absolute atomic E-state index is 8.35. The van der Waals surface area contributed by atoms with Crippen LogP contribution in [0, 0.1) is 11.3 Å². The van der Waals surface area contributed by atoms with E-state index in [2.05, 4.69) is 6.92 Å². The van der Waals surface area contributed by atoms with E-state index in [1.807, 2.05) is 17.6 Å². The number of rotatable bonds is 0. The molecular weight excluding hydrogens is 144 g/mol. The van der Waals surface area contributed by atoms with Crippen LogP contribution < -0.4 is 0 Å². The lowest BCUT2D eigenvalue weighted by Crippen LogP contribution is -2.03. The van der Waals surface area contributed by atoms with E-state index in [1.165, 1.54) is 10.6 Å². The second-order valence-electron chi connectivity index (χ2n) is 2.14. The molecular formula is C7H9N2S+. The lowest BCUT2D eigenvalue weighted by atomic mass is 10.4. The smallest absolute Gasteiger partial charge is 0.187 e. The van der Waals surface area contributed by atoms with E-state index in [0.29, 0.717) is 0 Å². The molecule has 0 unspecified atom stereocenters. The Kier molecular flexibility index (Phi) is 2.13. The van der Waals surface area contributed by atoms with Gasteiger partial charge in [0.25, 0.3) is 0 Å². The number of nitriles is 1. The minimum atomic E-state index is 0.894. The van der Waals surface area contributed by atoms with Crippen LogP contribution in [0.4, 0.5) is 0 Å². The normalized spacial score (nSPS) is 21.9. The highest BCUT2D eigenvalue weighted by Crippen LogP contribution is 2.26. The SMILES string of the molecule is CC1=C(C)[N+](=CC#N)CS1. The first-order valence-corrected chi connectivity index (χ1v) is 4.04. The summed E-state index contributed by atoms with van der Waals surface area (Å²) in [5.41, 5.74) is 1.20. The zero-order valence-corrected chi connectivity index (χ0v) is 6.90. The van der Waals surface area contributed by atoms with Gasteiger partial charge in [-0.3, -0.25) is 0 Å². The molecule has 0 amide bonds. The fourth-order valence-electron chi connectivity index (χ4n) is 0.774. The molecule has 1 aliphatic rings. The van der Waals surface area contributed by atoms with Crippen molar-refractivity contribution in [2.75, 3.05) is 5.88 Å². The van der Waals surface area contributed by atoms with Crippen LogP contribution in [0.25, 0.3) is 0 Å². The summed E-state index contributed by atoms with van der Waals surface area (Å²) in [5, 5.41) is 8.35. The molecule has 3 heteroatoms. The largest absolute Gasteiger partial charge is 0.247 e. The van der Waals surface area contributed by atoms with Gasteiger partial charge in [-0.1, -0.05) is 11.8 Å². The van der Waals surface area contributed by atoms with E-state index < -0.39 is 0 Å². The maximum Gasteiger partial charge on any atom is 0.247 e. The molecule has 0 aromatic rings. The summed E-state index contributed by atoms with van der Waals surface area (Å²) in [6, 6.07) is 2.01. The van der Waals surface area contributed by atoms with Crippen molar-refractivity contribution in [3.63, 3.8) is 0 Å². The van der Waals surface area contributed by atoms with E-state index in [4.69, 9.17) is 5.26 Å². The maximum atomic E-state index is 8.35. The van der Waals surface area contributed by atoms with Crippen LogP contribution in [-0.2, 0) is 0 Å². The first-order chi connectivity index (χ1) is 4.75. The highest BCUT2D eigenvalue weighted by Gasteiger charge is 2.19. The second kappa shape index (κ2) is 2.89. The molecule has 1 heterocycles. The van der Waals surface area contributed by atoms with Gasteiger partial charge in [0.05, 0.1) is 4.91 Å². The van der Waals surface area contributed by atoms with Crippen LogP contribution in [0.15, 0.2) is 10.6 Å². The molecule has 0 fully saturated rings. The molecule has 0 saturated heterocycles. The Labute approximate surface area is 64.9 Å². The Bertz CT molecular complexity index is 245. The number of nitrogens with zero attached hydrogens (tertiary/aromatic N) is 2. The fourth-order valence-corrected chi connectivity index (χ4v) is 1.70. The average Bonchev–Trinajstić information content (AvgIpc) is 2.20. The number of hydrogen-bond acceptors (Lipinski definition) is 2. The second-order valence-corrected chi connectivity index (χ2v) is 3.30. The summed E-state index contributed by atoms with van der Waals surface area (Å²) >= 11 is 1.78. The van der Waals surface area contributed by atoms with Crippen molar-refractivity contribution >= 4 is 18.0 Å². The number of hydrogen-bond donors (Lipinski definition) is 0. The standard InChI is InChI=1S/C7H9N2S/c1-6-7(2)10-5-9(6)4-3-8/h4H,5H2,1-2H3/q+1. The van der Waals surface area contributed by atoms with E-state index in [-0.39, 0.29) is 0 Å². The van der Waals surface area contributed by atoms with Crippen LogP contribution in [-0.4, -0.2) is 16.7 Å². The molecule has 0 atom stereocenters. The Morgan fingerprint density at radius 1 is 1.70 bits per heavy atom. The Morgan fingerprint density at radius 2 is 2.40 bits per heavy atom. The third-order valence-corrected chi connectivity index (χ3v) is 2.71. The van der Waals surface area contributed by atoms with Gasteiger partial charge in [0, 0.05) is 6.92 Å². The van der Waals surface area contributed by atoms with E-state index in [9.17, 15) is 0 Å². The molecule has 52 valence electrons. The quantitative estimate of drug-likeness (QED) is 0.494. The fraction of sp³-hybridized carbons (Fsp3) is 0.429. The van der Waals surface area contributed by atoms with Crippen LogP contribution in [0.2, 0.25) is 0 Å². The minimum absolute atomic E-state index is 0.894. The first-order valence-electron chi connectivity index (χ1n) is 3.05. The van der Waals surface area contributed by atoms with Crippen molar-refractivity contribution in [2.24, 2.45) is 0 Å². The number of thioether (sulfide) groups is 1. The van der Waals surface area contributed by atoms with Crippen molar-refractivity contribution in [3.8, 4) is 6.07 Å². The molecule has 0 aromatic heterocycles. The zero-order valence-electron chi connectivity index (χ0n) is 6.09. The summed E-state index contributed by atoms with van der Waals surface area (Å²) in [6.07, 6.45) is 1.55. The first kappa shape index (κ1) is 7.36. The van der Waals surface area contributed by atoms with Gasteiger partial charge in [0.1, 0.15) is 0 Å². The van der Waals surface area contributed by atoms with E-state index >= 15 is 0 Å². The lowest BCUT2D eigenvalue weighted by molar-refractivity contribution is -0.444. The predicted octanol–water partition coefficient (Wildman–Crippen LogP) is 1.55. The van der Waals surface area contributed by atoms with Crippen LogP contribution in [0.3, 0.4) is 0 Å². The van der Waals surface area contributed by atoms with Crippen LogP contribution >= 0.6 is 11.8 Å². The summed E-state index contributed by atoms with van der Waals surface area (Å²) in [6.45, 7) is 4.11.